The Hall–Kier alpha value is -3.16. The minimum Gasteiger partial charge on any atom is -0.364 e. The first kappa shape index (κ1) is 16.7. The van der Waals surface area contributed by atoms with E-state index in [0.29, 0.717) is 6.54 Å². The molecule has 2 aromatic heterocycles. The number of hydrogen-bond acceptors (Lipinski definition) is 5. The molecule has 0 aliphatic rings. The zero-order valence-corrected chi connectivity index (χ0v) is 14.3. The highest BCUT2D eigenvalue weighted by molar-refractivity contribution is 5.80. The minimum atomic E-state index is 0.0681. The molecule has 0 amide bonds. The molecule has 130 valence electrons. The van der Waals surface area contributed by atoms with Crippen LogP contribution in [0.5, 0.6) is 0 Å². The molecule has 1 aromatic carbocycles. The van der Waals surface area contributed by atoms with Crippen molar-refractivity contribution in [3.63, 3.8) is 0 Å². The summed E-state index contributed by atoms with van der Waals surface area (Å²) in [6.45, 7) is 5.35. The topological polar surface area (TPSA) is 93.2 Å². The zero-order chi connectivity index (χ0) is 17.5. The smallest absolute Gasteiger partial charge is 0.192 e. The molecule has 0 saturated heterocycles. The second-order valence-electron chi connectivity index (χ2n) is 5.49. The van der Waals surface area contributed by atoms with Gasteiger partial charge in [-0.3, -0.25) is 0 Å². The molecular formula is C17H21N7O. The van der Waals surface area contributed by atoms with Crippen LogP contribution >= 0.6 is 0 Å². The van der Waals surface area contributed by atoms with Crippen LogP contribution in [0.1, 0.15) is 31.1 Å². The van der Waals surface area contributed by atoms with Gasteiger partial charge in [0.25, 0.3) is 0 Å². The SMILES string of the molecule is CCNC(=NCc1ccon1)N[C@H](C)c1cccc(-n2cncn2)c1. The number of nitrogens with one attached hydrogen (secondary N) is 2. The molecule has 0 aliphatic carbocycles. The molecule has 2 N–H and O–H groups in total. The highest BCUT2D eigenvalue weighted by Crippen LogP contribution is 2.16. The van der Waals surface area contributed by atoms with Gasteiger partial charge in [-0.2, -0.15) is 5.10 Å². The molecule has 8 heteroatoms. The molecule has 0 spiro atoms. The van der Waals surface area contributed by atoms with Crippen molar-refractivity contribution in [1.29, 1.82) is 0 Å². The molecule has 3 aromatic rings. The van der Waals surface area contributed by atoms with Gasteiger partial charge in [0.05, 0.1) is 18.3 Å². The maximum atomic E-state index is 4.83. The highest BCUT2D eigenvalue weighted by atomic mass is 16.5. The van der Waals surface area contributed by atoms with Crippen LogP contribution < -0.4 is 10.6 Å². The van der Waals surface area contributed by atoms with E-state index in [0.717, 1.165) is 29.4 Å². The maximum Gasteiger partial charge on any atom is 0.192 e. The molecule has 0 bridgehead atoms. The third-order valence-corrected chi connectivity index (χ3v) is 3.64. The molecule has 25 heavy (non-hydrogen) atoms. The van der Waals surface area contributed by atoms with Crippen molar-refractivity contribution in [2.75, 3.05) is 6.54 Å². The molecule has 2 heterocycles. The molecular weight excluding hydrogens is 318 g/mol. The quantitative estimate of drug-likeness (QED) is 0.527. The lowest BCUT2D eigenvalue weighted by atomic mass is 10.1. The first-order valence-electron chi connectivity index (χ1n) is 8.15. The molecule has 1 atom stereocenters. The van der Waals surface area contributed by atoms with Gasteiger partial charge in [-0.05, 0) is 31.5 Å². The predicted octanol–water partition coefficient (Wildman–Crippen LogP) is 2.07. The summed E-state index contributed by atoms with van der Waals surface area (Å²) in [5, 5.41) is 14.7. The Bertz CT molecular complexity index is 796. The summed E-state index contributed by atoms with van der Waals surface area (Å²) in [7, 11) is 0. The van der Waals surface area contributed by atoms with Crippen molar-refractivity contribution in [1.82, 2.24) is 30.6 Å². The fraction of sp³-hybridized carbons (Fsp3) is 0.294. The van der Waals surface area contributed by atoms with Crippen molar-refractivity contribution < 1.29 is 4.52 Å². The van der Waals surface area contributed by atoms with Gasteiger partial charge < -0.3 is 15.2 Å². The molecule has 0 saturated carbocycles. The number of hydrogen-bond donors (Lipinski definition) is 2. The van der Waals surface area contributed by atoms with E-state index in [1.807, 2.05) is 19.1 Å². The first-order valence-corrected chi connectivity index (χ1v) is 8.15. The number of rotatable bonds is 6. The standard InChI is InChI=1S/C17H21N7O/c1-3-19-17(20-10-15-7-8-25-23-15)22-13(2)14-5-4-6-16(9-14)24-12-18-11-21-24/h4-9,11-13H,3,10H2,1-2H3,(H2,19,20,22)/t13-/m1/s1. The van der Waals surface area contributed by atoms with E-state index >= 15 is 0 Å². The lowest BCUT2D eigenvalue weighted by Gasteiger charge is -2.18. The van der Waals surface area contributed by atoms with Crippen LogP contribution in [0, 0.1) is 0 Å². The number of aromatic nitrogens is 4. The second-order valence-corrected chi connectivity index (χ2v) is 5.49. The van der Waals surface area contributed by atoms with Gasteiger partial charge >= 0.3 is 0 Å². The molecule has 0 radical (unpaired) electrons. The van der Waals surface area contributed by atoms with Gasteiger partial charge in [-0.1, -0.05) is 17.3 Å². The van der Waals surface area contributed by atoms with Crippen molar-refractivity contribution >= 4 is 5.96 Å². The van der Waals surface area contributed by atoms with Crippen LogP contribution in [0.4, 0.5) is 0 Å². The summed E-state index contributed by atoms with van der Waals surface area (Å²) in [5.74, 6) is 0.726. The van der Waals surface area contributed by atoms with Gasteiger partial charge in [-0.25, -0.2) is 14.7 Å². The van der Waals surface area contributed by atoms with Crippen LogP contribution in [0.3, 0.4) is 0 Å². The maximum absolute atomic E-state index is 4.83. The Balaban J connectivity index is 1.71. The van der Waals surface area contributed by atoms with Gasteiger partial charge in [0.2, 0.25) is 0 Å². The average molecular weight is 339 g/mol. The Kier molecular flexibility index (Phi) is 5.40. The zero-order valence-electron chi connectivity index (χ0n) is 14.3. The van der Waals surface area contributed by atoms with E-state index in [2.05, 4.69) is 49.9 Å². The normalized spacial score (nSPS) is 12.8. The Morgan fingerprint density at radius 2 is 2.28 bits per heavy atom. The summed E-state index contributed by atoms with van der Waals surface area (Å²) in [6.07, 6.45) is 4.75. The third kappa shape index (κ3) is 4.43. The summed E-state index contributed by atoms with van der Waals surface area (Å²) in [4.78, 5) is 8.53. The molecule has 3 rings (SSSR count). The average Bonchev–Trinajstić information content (AvgIpc) is 3.33. The van der Waals surface area contributed by atoms with Crippen LogP contribution in [0.2, 0.25) is 0 Å². The fourth-order valence-electron chi connectivity index (χ4n) is 2.37. The first-order chi connectivity index (χ1) is 12.3. The van der Waals surface area contributed by atoms with Gasteiger partial charge in [0.15, 0.2) is 5.96 Å². The number of guanidine groups is 1. The largest absolute Gasteiger partial charge is 0.364 e. The van der Waals surface area contributed by atoms with Gasteiger partial charge in [-0.15, -0.1) is 0 Å². The van der Waals surface area contributed by atoms with Crippen molar-refractivity contribution in [3.05, 3.63) is 60.5 Å². The van der Waals surface area contributed by atoms with Crippen molar-refractivity contribution in [2.24, 2.45) is 4.99 Å². The molecule has 0 aliphatic heterocycles. The summed E-state index contributed by atoms with van der Waals surface area (Å²) < 4.78 is 6.57. The predicted molar refractivity (Wildman–Crippen MR) is 94.2 cm³/mol. The lowest BCUT2D eigenvalue weighted by molar-refractivity contribution is 0.412. The summed E-state index contributed by atoms with van der Waals surface area (Å²) in [6, 6.07) is 10.0. The Morgan fingerprint density at radius 3 is 3.00 bits per heavy atom. The van der Waals surface area contributed by atoms with E-state index in [4.69, 9.17) is 4.52 Å². The Labute approximate surface area is 146 Å². The molecule has 0 unspecified atom stereocenters. The highest BCUT2D eigenvalue weighted by Gasteiger charge is 2.09. The molecule has 0 fully saturated rings. The van der Waals surface area contributed by atoms with E-state index in [1.165, 1.54) is 6.33 Å². The molecule has 8 nitrogen and oxygen atoms in total. The number of aliphatic imine (C=N–C) groups is 1. The van der Waals surface area contributed by atoms with E-state index in [1.54, 1.807) is 23.3 Å². The van der Waals surface area contributed by atoms with Crippen LogP contribution in [-0.2, 0) is 6.54 Å². The van der Waals surface area contributed by atoms with E-state index in [9.17, 15) is 0 Å². The van der Waals surface area contributed by atoms with Crippen LogP contribution in [-0.4, -0.2) is 32.4 Å². The van der Waals surface area contributed by atoms with Gasteiger partial charge in [0.1, 0.15) is 24.6 Å². The number of nitrogens with zero attached hydrogens (tertiary/aromatic N) is 5. The lowest BCUT2D eigenvalue weighted by Crippen LogP contribution is -2.38. The summed E-state index contributed by atoms with van der Waals surface area (Å²) in [5.41, 5.74) is 2.88. The van der Waals surface area contributed by atoms with Crippen LogP contribution in [0.25, 0.3) is 5.69 Å². The van der Waals surface area contributed by atoms with Crippen molar-refractivity contribution in [3.8, 4) is 5.69 Å². The monoisotopic (exact) mass is 339 g/mol. The van der Waals surface area contributed by atoms with E-state index in [-0.39, 0.29) is 6.04 Å². The van der Waals surface area contributed by atoms with Crippen LogP contribution in [0.15, 0.2) is 58.8 Å². The van der Waals surface area contributed by atoms with Crippen molar-refractivity contribution in [2.45, 2.75) is 26.4 Å². The fourth-order valence-corrected chi connectivity index (χ4v) is 2.37. The Morgan fingerprint density at radius 1 is 1.36 bits per heavy atom. The summed E-state index contributed by atoms with van der Waals surface area (Å²) >= 11 is 0. The second kappa shape index (κ2) is 8.09. The third-order valence-electron chi connectivity index (χ3n) is 3.64. The minimum absolute atomic E-state index is 0.0681. The van der Waals surface area contributed by atoms with Gasteiger partial charge in [0, 0.05) is 12.6 Å². The van der Waals surface area contributed by atoms with E-state index < -0.39 is 0 Å². The number of benzene rings is 1.